The van der Waals surface area contributed by atoms with Gasteiger partial charge in [0.25, 0.3) is 46.2 Å². The number of benzene rings is 2. The number of aliphatic carboxylic acids is 1. The van der Waals surface area contributed by atoms with E-state index in [4.69, 9.17) is 5.11 Å². The molecule has 66 heavy (non-hydrogen) atoms. The highest BCUT2D eigenvalue weighted by molar-refractivity contribution is 7.86. The number of allylic oxidation sites excluding steroid dienone is 6. The number of unbranched alkanes of at least 4 members (excludes halogenated alkanes) is 6. The second kappa shape index (κ2) is 21.9. The molecule has 2 heterocycles. The van der Waals surface area contributed by atoms with E-state index < -0.39 is 109 Å². The molecule has 0 spiro atoms. The van der Waals surface area contributed by atoms with Crippen molar-refractivity contribution in [2.45, 2.75) is 113 Å². The molecule has 368 valence electrons. The number of carboxylic acid groups (broad SMARTS) is 1. The number of nitrogens with zero attached hydrogens (tertiary/aromatic N) is 2. The van der Waals surface area contributed by atoms with E-state index >= 15 is 8.78 Å². The molecule has 0 aliphatic carbocycles. The SMILES string of the molecule is CC1(CCCCS(=O)(=O)O)C(/C=C/C=C/C=C2/N(CCCCCS(=O)(=O)O)c3ccc(S(=O)(=O)O)cc3C2(C)CCCCCC(=O)O)=[N+](CCCCS(=O)(=O)O)c2c(F)c(F)c(F)c(F)c21. The van der Waals surface area contributed by atoms with Crippen LogP contribution in [0.2, 0.25) is 0 Å². The molecule has 2 atom stereocenters. The van der Waals surface area contributed by atoms with Crippen LogP contribution in [-0.2, 0) is 56.1 Å². The van der Waals surface area contributed by atoms with Crippen molar-refractivity contribution >= 4 is 63.5 Å². The largest absolute Gasteiger partial charge is 0.481 e. The van der Waals surface area contributed by atoms with E-state index in [2.05, 4.69) is 0 Å². The van der Waals surface area contributed by atoms with Gasteiger partial charge in [0.1, 0.15) is 6.54 Å². The number of rotatable bonds is 26. The number of halogens is 4. The molecule has 0 saturated heterocycles. The Hall–Kier alpha value is -4.04. The molecule has 2 aromatic rings. The first kappa shape index (κ1) is 54.6. The van der Waals surface area contributed by atoms with Crippen molar-refractivity contribution in [2.24, 2.45) is 0 Å². The maximum absolute atomic E-state index is 15.9. The molecule has 16 nitrogen and oxygen atoms in total. The lowest BCUT2D eigenvalue weighted by molar-refractivity contribution is -0.440. The van der Waals surface area contributed by atoms with Gasteiger partial charge in [0, 0.05) is 42.3 Å². The van der Waals surface area contributed by atoms with E-state index in [1.165, 1.54) is 43.4 Å². The average molecular weight is 1020 g/mol. The second-order valence-corrected chi connectivity index (χ2v) is 23.0. The van der Waals surface area contributed by atoms with Crippen molar-refractivity contribution in [3.63, 3.8) is 0 Å². The first-order valence-electron chi connectivity index (χ1n) is 21.1. The number of carbonyl (C=O) groups is 1. The van der Waals surface area contributed by atoms with Crippen LogP contribution in [0.1, 0.15) is 108 Å². The number of carboxylic acids is 1. The molecular formula is C42H55F4N2O14S4+. The van der Waals surface area contributed by atoms with Crippen molar-refractivity contribution in [3.05, 3.63) is 88.7 Å². The maximum Gasteiger partial charge on any atom is 0.303 e. The van der Waals surface area contributed by atoms with Crippen molar-refractivity contribution < 1.29 is 83.9 Å². The van der Waals surface area contributed by atoms with Gasteiger partial charge in [-0.05, 0) is 88.6 Å². The number of hydrogen-bond acceptors (Lipinski definition) is 10. The van der Waals surface area contributed by atoms with Gasteiger partial charge in [-0.15, -0.1) is 0 Å². The fourth-order valence-electron chi connectivity index (χ4n) is 8.72. The molecular weight excluding hydrogens is 961 g/mol. The summed E-state index contributed by atoms with van der Waals surface area (Å²) in [6.07, 6.45) is 9.59. The lowest BCUT2D eigenvalue weighted by Crippen LogP contribution is -2.32. The molecule has 0 aromatic heterocycles. The lowest BCUT2D eigenvalue weighted by atomic mass is 9.75. The van der Waals surface area contributed by atoms with Crippen LogP contribution in [-0.4, -0.2) is 104 Å². The second-order valence-electron chi connectivity index (χ2n) is 16.8. The number of fused-ring (bicyclic) bond motifs is 2. The van der Waals surface area contributed by atoms with Gasteiger partial charge in [0.2, 0.25) is 11.6 Å². The minimum absolute atomic E-state index is 0.0357. The van der Waals surface area contributed by atoms with Gasteiger partial charge in [-0.1, -0.05) is 43.9 Å². The van der Waals surface area contributed by atoms with Crippen molar-refractivity contribution in [1.29, 1.82) is 0 Å². The molecule has 2 unspecified atom stereocenters. The Morgan fingerprint density at radius 3 is 1.80 bits per heavy atom. The average Bonchev–Trinajstić information content (AvgIpc) is 3.58. The third-order valence-corrected chi connectivity index (χ3v) is 15.1. The quantitative estimate of drug-likeness (QED) is 0.0117. The van der Waals surface area contributed by atoms with Crippen molar-refractivity contribution in [3.8, 4) is 0 Å². The molecule has 24 heteroatoms. The molecule has 4 rings (SSSR count). The van der Waals surface area contributed by atoms with Gasteiger partial charge >= 0.3 is 5.97 Å². The van der Waals surface area contributed by atoms with Crippen LogP contribution >= 0.6 is 0 Å². The predicted molar refractivity (Wildman–Crippen MR) is 238 cm³/mol. The Bertz CT molecular complexity index is 2740. The zero-order chi connectivity index (χ0) is 49.5. The van der Waals surface area contributed by atoms with Gasteiger partial charge in [-0.3, -0.25) is 23.0 Å². The summed E-state index contributed by atoms with van der Waals surface area (Å²) in [6.45, 7) is 3.25. The molecule has 0 bridgehead atoms. The van der Waals surface area contributed by atoms with Gasteiger partial charge in [-0.25, -0.2) is 13.2 Å². The van der Waals surface area contributed by atoms with Gasteiger partial charge in [-0.2, -0.15) is 42.6 Å². The molecule has 0 saturated carbocycles. The standard InChI is InChI=1S/C42H54F4N2O14S4/c1-41(21-9-4-8-18-34(49)50)30-28-29(66(60,61)62)19-20-31(30)47(23-11-5-13-25-63(51,52)53)32(41)16-6-3-7-17-33-42(2,22-10-14-26-64(54,55)56)35-36(43)37(44)38(45)39(46)40(35)48(33)24-12-15-27-65(57,58)59/h3,6-7,16-17,19-20,28H,4-5,8-15,18,21-27H2,1-2H3,(H4-,49,50,51,52,53,54,55,56,57,58,59,60,61,62)/p+1. The van der Waals surface area contributed by atoms with Crippen LogP contribution < -0.4 is 4.90 Å². The van der Waals surface area contributed by atoms with Crippen LogP contribution in [0.25, 0.3) is 0 Å². The Kier molecular flexibility index (Phi) is 18.1. The van der Waals surface area contributed by atoms with Crippen molar-refractivity contribution in [1.82, 2.24) is 0 Å². The lowest BCUT2D eigenvalue weighted by Gasteiger charge is -2.30. The van der Waals surface area contributed by atoms with Crippen LogP contribution in [0.3, 0.4) is 0 Å². The normalized spacial score (nSPS) is 19.8. The smallest absolute Gasteiger partial charge is 0.303 e. The van der Waals surface area contributed by atoms with E-state index in [0.29, 0.717) is 55.5 Å². The summed E-state index contributed by atoms with van der Waals surface area (Å²) in [6, 6.07) is 4.09. The summed E-state index contributed by atoms with van der Waals surface area (Å²) < 4.78 is 194. The molecule has 0 radical (unpaired) electrons. The van der Waals surface area contributed by atoms with Crippen molar-refractivity contribution in [2.75, 3.05) is 35.2 Å². The Balaban J connectivity index is 1.84. The third kappa shape index (κ3) is 14.0. The molecule has 2 aliphatic rings. The summed E-state index contributed by atoms with van der Waals surface area (Å²) in [4.78, 5) is 12.7. The highest BCUT2D eigenvalue weighted by Gasteiger charge is 2.53. The summed E-state index contributed by atoms with van der Waals surface area (Å²) in [7, 11) is -17.7. The molecule has 0 amide bonds. The maximum atomic E-state index is 15.9. The summed E-state index contributed by atoms with van der Waals surface area (Å²) in [5, 5.41) is 9.17. The van der Waals surface area contributed by atoms with Gasteiger partial charge in [0.05, 0.1) is 33.1 Å². The van der Waals surface area contributed by atoms with Crippen LogP contribution in [0.15, 0.2) is 59.2 Å². The third-order valence-electron chi connectivity index (χ3n) is 11.9. The van der Waals surface area contributed by atoms with Crippen LogP contribution in [0.4, 0.5) is 28.9 Å². The fraction of sp³-hybridized carbons (Fsp3) is 0.524. The molecule has 2 aromatic carbocycles. The summed E-state index contributed by atoms with van der Waals surface area (Å²) in [5.74, 6) is -10.4. The van der Waals surface area contributed by atoms with E-state index in [-0.39, 0.29) is 68.6 Å². The Morgan fingerprint density at radius 2 is 1.21 bits per heavy atom. The monoisotopic (exact) mass is 1020 g/mol. The predicted octanol–water partition coefficient (Wildman–Crippen LogP) is 7.44. The Labute approximate surface area is 382 Å². The number of hydrogen-bond donors (Lipinski definition) is 5. The van der Waals surface area contributed by atoms with E-state index in [1.54, 1.807) is 12.2 Å². The zero-order valence-corrected chi connectivity index (χ0v) is 39.6. The summed E-state index contributed by atoms with van der Waals surface area (Å²) in [5.41, 5.74) is -2.09. The highest BCUT2D eigenvalue weighted by Crippen LogP contribution is 2.52. The van der Waals surface area contributed by atoms with E-state index in [0.717, 1.165) is 4.58 Å². The molecule has 0 fully saturated rings. The van der Waals surface area contributed by atoms with E-state index in [9.17, 15) is 65.5 Å². The van der Waals surface area contributed by atoms with Crippen LogP contribution in [0, 0.1) is 23.3 Å². The number of anilines is 1. The summed E-state index contributed by atoms with van der Waals surface area (Å²) >= 11 is 0. The minimum Gasteiger partial charge on any atom is -0.481 e. The first-order chi connectivity index (χ1) is 30.5. The van der Waals surface area contributed by atoms with E-state index in [1.807, 2.05) is 11.8 Å². The Morgan fingerprint density at radius 1 is 0.667 bits per heavy atom. The fourth-order valence-corrected chi connectivity index (χ4v) is 10.9. The van der Waals surface area contributed by atoms with Gasteiger partial charge in [0.15, 0.2) is 17.3 Å². The zero-order valence-electron chi connectivity index (χ0n) is 36.3. The highest BCUT2D eigenvalue weighted by atomic mass is 32.2. The molecule has 5 N–H and O–H groups in total. The first-order valence-corrected chi connectivity index (χ1v) is 27.3. The topological polar surface area (TPSA) is 261 Å². The van der Waals surface area contributed by atoms with Gasteiger partial charge < -0.3 is 10.0 Å². The molecule has 2 aliphatic heterocycles. The minimum atomic E-state index is -4.67. The van der Waals surface area contributed by atoms with Crippen LogP contribution in [0.5, 0.6) is 0 Å².